The molecule has 0 saturated carbocycles. The van der Waals surface area contributed by atoms with Crippen LogP contribution in [0, 0.1) is 5.82 Å². The predicted molar refractivity (Wildman–Crippen MR) is 115 cm³/mol. The molecule has 1 atom stereocenters. The first kappa shape index (κ1) is 23.4. The van der Waals surface area contributed by atoms with Crippen molar-refractivity contribution < 1.29 is 13.9 Å². The van der Waals surface area contributed by atoms with E-state index >= 15 is 4.39 Å². The first-order valence-corrected chi connectivity index (χ1v) is 10.3. The summed E-state index contributed by atoms with van der Waals surface area (Å²) in [7, 11) is 1.59. The van der Waals surface area contributed by atoms with Gasteiger partial charge in [-0.3, -0.25) is 9.36 Å². The second-order valence-corrected chi connectivity index (χ2v) is 7.26. The highest BCUT2D eigenvalue weighted by Gasteiger charge is 2.23. The van der Waals surface area contributed by atoms with Crippen molar-refractivity contribution in [3.63, 3.8) is 0 Å². The summed E-state index contributed by atoms with van der Waals surface area (Å²) in [6.07, 6.45) is 4.01. The van der Waals surface area contributed by atoms with Crippen molar-refractivity contribution in [3.05, 3.63) is 52.5 Å². The summed E-state index contributed by atoms with van der Waals surface area (Å²) in [6.45, 7) is 11.3. The van der Waals surface area contributed by atoms with Crippen molar-refractivity contribution in [2.45, 2.75) is 65.5 Å². The number of nitrogens with zero attached hydrogens (tertiary/aromatic N) is 3. The fourth-order valence-corrected chi connectivity index (χ4v) is 3.18. The molecule has 7 nitrogen and oxygen atoms in total. The molecule has 1 unspecified atom stereocenters. The predicted octanol–water partition coefficient (Wildman–Crippen LogP) is 3.53. The molecule has 1 heterocycles. The van der Waals surface area contributed by atoms with Crippen LogP contribution >= 0.6 is 0 Å². The smallest absolute Gasteiger partial charge is 0.350 e. The van der Waals surface area contributed by atoms with E-state index in [2.05, 4.69) is 17.0 Å². The minimum absolute atomic E-state index is 0.0239. The van der Waals surface area contributed by atoms with Crippen molar-refractivity contribution in [1.82, 2.24) is 19.7 Å². The van der Waals surface area contributed by atoms with Gasteiger partial charge in [0.2, 0.25) is 0 Å². The third kappa shape index (κ3) is 4.98. The molecule has 0 radical (unpaired) electrons. The van der Waals surface area contributed by atoms with Crippen LogP contribution in [0.2, 0.25) is 0 Å². The van der Waals surface area contributed by atoms with Crippen LogP contribution in [0.5, 0.6) is 5.75 Å². The summed E-state index contributed by atoms with van der Waals surface area (Å²) < 4.78 is 23.3. The van der Waals surface area contributed by atoms with E-state index in [0.29, 0.717) is 18.7 Å². The number of benzene rings is 1. The highest BCUT2D eigenvalue weighted by atomic mass is 19.1. The van der Waals surface area contributed by atoms with E-state index in [1.165, 1.54) is 10.6 Å². The van der Waals surface area contributed by atoms with Gasteiger partial charge in [-0.25, -0.2) is 9.18 Å². The van der Waals surface area contributed by atoms with Gasteiger partial charge in [0.15, 0.2) is 0 Å². The average Bonchev–Trinajstić information content (AvgIpc) is 3.01. The fraction of sp³-hybridized carbons (Fsp3) is 0.500. The number of carbonyl (C=O) groups excluding carboxylic acids is 1. The summed E-state index contributed by atoms with van der Waals surface area (Å²) in [5.41, 5.74) is -0.445. The van der Waals surface area contributed by atoms with Crippen LogP contribution in [0.1, 0.15) is 63.1 Å². The van der Waals surface area contributed by atoms with Crippen LogP contribution in [-0.4, -0.2) is 32.4 Å². The standard InChI is InChI=1S/C22H31FN4O3/c1-7-11-14(5)30-19-13-18(27-22(29)26(6)20(10-4)25-27)17(23)12-16(19)21(28)24-15(8-2)9-3/h7,12-15H,1,8-11H2,2-6H3,(H,24,28). The lowest BCUT2D eigenvalue weighted by molar-refractivity contribution is 0.0927. The molecular formula is C22H31FN4O3. The van der Waals surface area contributed by atoms with E-state index in [1.807, 2.05) is 27.7 Å². The van der Waals surface area contributed by atoms with E-state index in [0.717, 1.165) is 23.6 Å². The van der Waals surface area contributed by atoms with E-state index in [1.54, 1.807) is 13.1 Å². The Labute approximate surface area is 176 Å². The summed E-state index contributed by atoms with van der Waals surface area (Å²) in [5.74, 6) is -0.425. The van der Waals surface area contributed by atoms with Crippen LogP contribution in [0.15, 0.2) is 29.6 Å². The number of carbonyl (C=O) groups is 1. The number of nitrogens with one attached hydrogen (secondary N) is 1. The molecule has 164 valence electrons. The highest BCUT2D eigenvalue weighted by Crippen LogP contribution is 2.27. The minimum atomic E-state index is -0.726. The van der Waals surface area contributed by atoms with Gasteiger partial charge in [0.25, 0.3) is 5.91 Å². The van der Waals surface area contributed by atoms with Crippen LogP contribution in [0.25, 0.3) is 5.69 Å². The molecule has 1 aromatic carbocycles. The molecule has 8 heteroatoms. The zero-order chi connectivity index (χ0) is 22.4. The molecule has 2 rings (SSSR count). The molecule has 0 fully saturated rings. The molecule has 0 aliphatic rings. The van der Waals surface area contributed by atoms with Gasteiger partial charge >= 0.3 is 5.69 Å². The third-order valence-corrected chi connectivity index (χ3v) is 5.06. The van der Waals surface area contributed by atoms with Gasteiger partial charge in [-0.15, -0.1) is 11.7 Å². The minimum Gasteiger partial charge on any atom is -0.489 e. The van der Waals surface area contributed by atoms with Gasteiger partial charge in [-0.05, 0) is 25.8 Å². The van der Waals surface area contributed by atoms with Crippen LogP contribution in [0.3, 0.4) is 0 Å². The summed E-state index contributed by atoms with van der Waals surface area (Å²) in [6, 6.07) is 2.45. The molecule has 0 aliphatic heterocycles. The molecular weight excluding hydrogens is 387 g/mol. The number of amides is 1. The van der Waals surface area contributed by atoms with E-state index < -0.39 is 17.4 Å². The summed E-state index contributed by atoms with van der Waals surface area (Å²) in [4.78, 5) is 25.4. The second kappa shape index (κ2) is 10.2. The zero-order valence-corrected chi connectivity index (χ0v) is 18.4. The Balaban J connectivity index is 2.58. The van der Waals surface area contributed by atoms with E-state index in [4.69, 9.17) is 4.74 Å². The van der Waals surface area contributed by atoms with Crippen LogP contribution in [-0.2, 0) is 13.5 Å². The summed E-state index contributed by atoms with van der Waals surface area (Å²) >= 11 is 0. The maximum atomic E-state index is 15.0. The lowest BCUT2D eigenvalue weighted by Gasteiger charge is -2.20. The molecule has 0 spiro atoms. The first-order chi connectivity index (χ1) is 14.3. The third-order valence-electron chi connectivity index (χ3n) is 5.06. The van der Waals surface area contributed by atoms with Crippen LogP contribution < -0.4 is 15.7 Å². The Morgan fingerprint density at radius 3 is 2.53 bits per heavy atom. The maximum Gasteiger partial charge on any atom is 0.350 e. The Morgan fingerprint density at radius 1 is 1.33 bits per heavy atom. The molecule has 0 aliphatic carbocycles. The van der Waals surface area contributed by atoms with Gasteiger partial charge in [-0.2, -0.15) is 4.68 Å². The molecule has 1 N–H and O–H groups in total. The number of ether oxygens (including phenoxy) is 1. The van der Waals surface area contributed by atoms with Gasteiger partial charge in [-0.1, -0.05) is 26.8 Å². The van der Waals surface area contributed by atoms with Crippen LogP contribution in [0.4, 0.5) is 4.39 Å². The Kier molecular flexibility index (Phi) is 7.97. The lowest BCUT2D eigenvalue weighted by atomic mass is 10.1. The molecule has 1 aromatic heterocycles. The quantitative estimate of drug-likeness (QED) is 0.599. The second-order valence-electron chi connectivity index (χ2n) is 7.26. The molecule has 0 saturated heterocycles. The number of rotatable bonds is 10. The van der Waals surface area contributed by atoms with Crippen molar-refractivity contribution in [2.75, 3.05) is 0 Å². The number of hydrogen-bond donors (Lipinski definition) is 1. The monoisotopic (exact) mass is 418 g/mol. The van der Waals surface area contributed by atoms with Gasteiger partial charge in [0, 0.05) is 32.0 Å². The summed E-state index contributed by atoms with van der Waals surface area (Å²) in [5, 5.41) is 7.12. The van der Waals surface area contributed by atoms with Crippen molar-refractivity contribution in [3.8, 4) is 11.4 Å². The molecule has 0 bridgehead atoms. The van der Waals surface area contributed by atoms with E-state index in [-0.39, 0.29) is 29.1 Å². The maximum absolute atomic E-state index is 15.0. The van der Waals surface area contributed by atoms with E-state index in [9.17, 15) is 9.59 Å². The van der Waals surface area contributed by atoms with Gasteiger partial charge in [0.1, 0.15) is 23.1 Å². The molecule has 30 heavy (non-hydrogen) atoms. The Morgan fingerprint density at radius 2 is 2.00 bits per heavy atom. The average molecular weight is 419 g/mol. The first-order valence-electron chi connectivity index (χ1n) is 10.3. The van der Waals surface area contributed by atoms with Gasteiger partial charge in [0.05, 0.1) is 11.7 Å². The number of halogens is 1. The molecule has 2 aromatic rings. The van der Waals surface area contributed by atoms with Crippen molar-refractivity contribution >= 4 is 5.91 Å². The van der Waals surface area contributed by atoms with Crippen molar-refractivity contribution in [2.24, 2.45) is 7.05 Å². The lowest BCUT2D eigenvalue weighted by Crippen LogP contribution is -2.34. The topological polar surface area (TPSA) is 78.2 Å². The largest absolute Gasteiger partial charge is 0.489 e. The number of hydrogen-bond acceptors (Lipinski definition) is 4. The number of aromatic nitrogens is 3. The Bertz CT molecular complexity index is 960. The zero-order valence-electron chi connectivity index (χ0n) is 18.4. The molecule has 1 amide bonds. The normalized spacial score (nSPS) is 12.1. The van der Waals surface area contributed by atoms with Crippen molar-refractivity contribution in [1.29, 1.82) is 0 Å². The Hall–Kier alpha value is -2.90. The number of aryl methyl sites for hydroxylation is 1. The van der Waals surface area contributed by atoms with Gasteiger partial charge < -0.3 is 10.1 Å². The SMILES string of the molecule is C=CCC(C)Oc1cc(-n2nc(CC)n(C)c2=O)c(F)cc1C(=O)NC(CC)CC. The fourth-order valence-electron chi connectivity index (χ4n) is 3.18. The highest BCUT2D eigenvalue weighted by molar-refractivity contribution is 5.97.